The fourth-order valence-corrected chi connectivity index (χ4v) is 1.57. The van der Waals surface area contributed by atoms with Crippen LogP contribution < -0.4 is 5.73 Å². The molecule has 0 aliphatic rings. The molecule has 0 aliphatic carbocycles. The molecule has 16 heavy (non-hydrogen) atoms. The average molecular weight is 226 g/mol. The van der Waals surface area contributed by atoms with Crippen molar-refractivity contribution >= 4 is 5.82 Å². The highest BCUT2D eigenvalue weighted by molar-refractivity contribution is 5.35. The van der Waals surface area contributed by atoms with E-state index >= 15 is 0 Å². The Bertz CT molecular complexity index is 344. The van der Waals surface area contributed by atoms with E-state index in [0.29, 0.717) is 11.7 Å². The van der Waals surface area contributed by atoms with E-state index in [-0.39, 0.29) is 5.60 Å². The van der Waals surface area contributed by atoms with Gasteiger partial charge in [0.05, 0.1) is 11.3 Å². The number of methoxy groups -OCH3 is 1. The fraction of sp³-hybridized carbons (Fsp3) is 0.818. The van der Waals surface area contributed by atoms with Gasteiger partial charge in [0.25, 0.3) is 0 Å². The van der Waals surface area contributed by atoms with Crippen molar-refractivity contribution < 1.29 is 4.74 Å². The third kappa shape index (κ3) is 2.95. The maximum absolute atomic E-state index is 5.79. The first-order valence-corrected chi connectivity index (χ1v) is 5.61. The van der Waals surface area contributed by atoms with Crippen LogP contribution in [0.4, 0.5) is 5.82 Å². The SMILES string of the molecule is COC(C)(C)CCn1nnc(N)c1C(C)C. The lowest BCUT2D eigenvalue weighted by atomic mass is 10.0. The van der Waals surface area contributed by atoms with Gasteiger partial charge in [0.15, 0.2) is 5.82 Å². The Hall–Kier alpha value is -1.10. The topological polar surface area (TPSA) is 66.0 Å². The molecule has 0 amide bonds. The molecule has 0 fully saturated rings. The van der Waals surface area contributed by atoms with E-state index < -0.39 is 0 Å². The van der Waals surface area contributed by atoms with Gasteiger partial charge in [0.1, 0.15) is 0 Å². The molecule has 0 atom stereocenters. The van der Waals surface area contributed by atoms with Crippen LogP contribution in [0.2, 0.25) is 0 Å². The van der Waals surface area contributed by atoms with E-state index in [1.54, 1.807) is 7.11 Å². The van der Waals surface area contributed by atoms with E-state index in [0.717, 1.165) is 18.7 Å². The minimum Gasteiger partial charge on any atom is -0.381 e. The summed E-state index contributed by atoms with van der Waals surface area (Å²) in [6.45, 7) is 9.07. The van der Waals surface area contributed by atoms with Gasteiger partial charge in [-0.05, 0) is 26.2 Å². The molecule has 1 rings (SSSR count). The number of hydrogen-bond donors (Lipinski definition) is 1. The Kier molecular flexibility index (Phi) is 3.91. The molecule has 0 spiro atoms. The van der Waals surface area contributed by atoms with Crippen LogP contribution in [0.5, 0.6) is 0 Å². The Morgan fingerprint density at radius 1 is 1.44 bits per heavy atom. The number of aryl methyl sites for hydroxylation is 1. The van der Waals surface area contributed by atoms with Crippen LogP contribution in [0.15, 0.2) is 0 Å². The van der Waals surface area contributed by atoms with Gasteiger partial charge in [-0.1, -0.05) is 19.1 Å². The molecule has 5 nitrogen and oxygen atoms in total. The van der Waals surface area contributed by atoms with Gasteiger partial charge in [-0.25, -0.2) is 4.68 Å². The van der Waals surface area contributed by atoms with E-state index in [1.807, 2.05) is 4.68 Å². The van der Waals surface area contributed by atoms with Crippen molar-refractivity contribution in [3.8, 4) is 0 Å². The number of nitrogens with zero attached hydrogens (tertiary/aromatic N) is 3. The van der Waals surface area contributed by atoms with Crippen LogP contribution in [0.1, 0.15) is 45.7 Å². The summed E-state index contributed by atoms with van der Waals surface area (Å²) in [5.74, 6) is 0.867. The molecule has 0 aliphatic heterocycles. The zero-order valence-corrected chi connectivity index (χ0v) is 10.8. The zero-order chi connectivity index (χ0) is 12.3. The minimum absolute atomic E-state index is 0.144. The predicted octanol–water partition coefficient (Wildman–Crippen LogP) is 1.80. The lowest BCUT2D eigenvalue weighted by Crippen LogP contribution is -2.25. The van der Waals surface area contributed by atoms with Crippen molar-refractivity contribution in [3.05, 3.63) is 5.69 Å². The highest BCUT2D eigenvalue weighted by Crippen LogP contribution is 2.21. The normalized spacial score (nSPS) is 12.4. The van der Waals surface area contributed by atoms with Gasteiger partial charge in [-0.3, -0.25) is 0 Å². The molecule has 0 bridgehead atoms. The summed E-state index contributed by atoms with van der Waals surface area (Å²) < 4.78 is 7.25. The first-order chi connectivity index (χ1) is 7.37. The predicted molar refractivity (Wildman–Crippen MR) is 64.2 cm³/mol. The first kappa shape index (κ1) is 13.0. The van der Waals surface area contributed by atoms with Gasteiger partial charge in [-0.15, -0.1) is 5.10 Å². The van der Waals surface area contributed by atoms with E-state index in [1.165, 1.54) is 0 Å². The lowest BCUT2D eigenvalue weighted by molar-refractivity contribution is 0.0110. The van der Waals surface area contributed by atoms with Crippen LogP contribution in [0.3, 0.4) is 0 Å². The molecule has 1 aromatic rings. The molecule has 0 radical (unpaired) electrons. The summed E-state index contributed by atoms with van der Waals surface area (Å²) in [6.07, 6.45) is 0.881. The first-order valence-electron chi connectivity index (χ1n) is 5.61. The number of rotatable bonds is 5. The van der Waals surface area contributed by atoms with Gasteiger partial charge >= 0.3 is 0 Å². The summed E-state index contributed by atoms with van der Waals surface area (Å²) in [5, 5.41) is 7.97. The number of nitrogen functional groups attached to an aromatic ring is 1. The van der Waals surface area contributed by atoms with Crippen LogP contribution in [0.25, 0.3) is 0 Å². The highest BCUT2D eigenvalue weighted by Gasteiger charge is 2.19. The standard InChI is InChI=1S/C11H22N4O/c1-8(2)9-10(12)13-14-15(9)7-6-11(3,4)16-5/h8H,6-7,12H2,1-5H3. The molecule has 1 aromatic heterocycles. The van der Waals surface area contributed by atoms with Gasteiger partial charge in [-0.2, -0.15) is 0 Å². The Balaban J connectivity index is 2.75. The van der Waals surface area contributed by atoms with Gasteiger partial charge in [0, 0.05) is 13.7 Å². The second-order valence-corrected chi connectivity index (χ2v) is 4.95. The molecular weight excluding hydrogens is 204 g/mol. The summed E-state index contributed by atoms with van der Waals surface area (Å²) in [5.41, 5.74) is 6.65. The molecule has 0 saturated carbocycles. The van der Waals surface area contributed by atoms with Crippen molar-refractivity contribution in [1.82, 2.24) is 15.0 Å². The molecule has 5 heteroatoms. The number of anilines is 1. The van der Waals surface area contributed by atoms with Crippen LogP contribution >= 0.6 is 0 Å². The monoisotopic (exact) mass is 226 g/mol. The summed E-state index contributed by atoms with van der Waals surface area (Å²) in [4.78, 5) is 0. The minimum atomic E-state index is -0.144. The van der Waals surface area contributed by atoms with Crippen molar-refractivity contribution in [1.29, 1.82) is 0 Å². The van der Waals surface area contributed by atoms with Crippen molar-refractivity contribution in [2.45, 2.75) is 52.2 Å². The highest BCUT2D eigenvalue weighted by atomic mass is 16.5. The average Bonchev–Trinajstić information content (AvgIpc) is 2.57. The van der Waals surface area contributed by atoms with Gasteiger partial charge in [0.2, 0.25) is 0 Å². The molecule has 1 heterocycles. The molecular formula is C11H22N4O. The van der Waals surface area contributed by atoms with Crippen LogP contribution in [-0.2, 0) is 11.3 Å². The molecule has 0 aromatic carbocycles. The van der Waals surface area contributed by atoms with Crippen LogP contribution in [0, 0.1) is 0 Å². The molecule has 2 N–H and O–H groups in total. The number of nitrogens with two attached hydrogens (primary N) is 1. The Morgan fingerprint density at radius 3 is 2.56 bits per heavy atom. The third-order valence-electron chi connectivity index (χ3n) is 2.83. The lowest BCUT2D eigenvalue weighted by Gasteiger charge is -2.23. The summed E-state index contributed by atoms with van der Waals surface area (Å²) >= 11 is 0. The maximum atomic E-state index is 5.79. The second-order valence-electron chi connectivity index (χ2n) is 4.95. The maximum Gasteiger partial charge on any atom is 0.169 e. The number of hydrogen-bond acceptors (Lipinski definition) is 4. The number of aromatic nitrogens is 3. The quantitative estimate of drug-likeness (QED) is 0.831. The van der Waals surface area contributed by atoms with E-state index in [4.69, 9.17) is 10.5 Å². The Morgan fingerprint density at radius 2 is 2.06 bits per heavy atom. The smallest absolute Gasteiger partial charge is 0.169 e. The summed E-state index contributed by atoms with van der Waals surface area (Å²) in [7, 11) is 1.72. The second kappa shape index (κ2) is 4.82. The largest absolute Gasteiger partial charge is 0.381 e. The van der Waals surface area contributed by atoms with Crippen molar-refractivity contribution in [2.24, 2.45) is 0 Å². The third-order valence-corrected chi connectivity index (χ3v) is 2.83. The van der Waals surface area contributed by atoms with Gasteiger partial charge < -0.3 is 10.5 Å². The summed E-state index contributed by atoms with van der Waals surface area (Å²) in [6, 6.07) is 0. The molecule has 0 unspecified atom stereocenters. The van der Waals surface area contributed by atoms with Crippen LogP contribution in [-0.4, -0.2) is 27.7 Å². The Labute approximate surface area is 97.0 Å². The van der Waals surface area contributed by atoms with E-state index in [2.05, 4.69) is 38.0 Å². The molecule has 0 saturated heterocycles. The van der Waals surface area contributed by atoms with Crippen molar-refractivity contribution in [3.63, 3.8) is 0 Å². The van der Waals surface area contributed by atoms with Crippen molar-refractivity contribution in [2.75, 3.05) is 12.8 Å². The zero-order valence-electron chi connectivity index (χ0n) is 10.8. The number of ether oxygens (including phenoxy) is 1. The van der Waals surface area contributed by atoms with E-state index in [9.17, 15) is 0 Å². The molecule has 92 valence electrons. The fourth-order valence-electron chi connectivity index (χ4n) is 1.57.